The highest BCUT2D eigenvalue weighted by Crippen LogP contribution is 2.13. The zero-order chi connectivity index (χ0) is 17.6. The van der Waals surface area contributed by atoms with Crippen LogP contribution in [0.2, 0.25) is 0 Å². The summed E-state index contributed by atoms with van der Waals surface area (Å²) in [6, 6.07) is 16.5. The normalized spacial score (nSPS) is 10.3. The van der Waals surface area contributed by atoms with Gasteiger partial charge in [0.1, 0.15) is 5.01 Å². The molecule has 3 aromatic rings. The number of aromatic nitrogens is 2. The molecule has 0 bridgehead atoms. The van der Waals surface area contributed by atoms with Gasteiger partial charge in [0.2, 0.25) is 5.01 Å². The summed E-state index contributed by atoms with van der Waals surface area (Å²) in [6.07, 6.45) is 0. The van der Waals surface area contributed by atoms with Gasteiger partial charge >= 0.3 is 0 Å². The minimum absolute atomic E-state index is 0.177. The lowest BCUT2D eigenvalue weighted by molar-refractivity contribution is 0.0949. The van der Waals surface area contributed by atoms with E-state index in [1.807, 2.05) is 43.3 Å². The standard InChI is InChI=1S/C18H16N4O2S/c1-12-7-5-6-10-14(12)16(23)19-11-15-21-22-18(25-15)17(24)20-13-8-3-2-4-9-13/h2-10H,11H2,1H3,(H,19,23)(H,20,24). The van der Waals surface area contributed by atoms with Crippen LogP contribution in [0.15, 0.2) is 54.6 Å². The molecule has 2 N–H and O–H groups in total. The molecule has 1 heterocycles. The molecule has 6 nitrogen and oxygen atoms in total. The van der Waals surface area contributed by atoms with E-state index in [1.165, 1.54) is 0 Å². The fourth-order valence-corrected chi connectivity index (χ4v) is 2.88. The molecule has 0 aliphatic heterocycles. The second kappa shape index (κ2) is 7.67. The van der Waals surface area contributed by atoms with Gasteiger partial charge in [-0.2, -0.15) is 0 Å². The maximum Gasteiger partial charge on any atom is 0.286 e. The fourth-order valence-electron chi connectivity index (χ4n) is 2.20. The Morgan fingerprint density at radius 2 is 1.68 bits per heavy atom. The molecule has 3 rings (SSSR count). The average molecular weight is 352 g/mol. The van der Waals surface area contributed by atoms with Crippen molar-refractivity contribution in [3.05, 3.63) is 75.7 Å². The van der Waals surface area contributed by atoms with Crippen LogP contribution in [-0.4, -0.2) is 22.0 Å². The first-order valence-electron chi connectivity index (χ1n) is 7.66. The molecular weight excluding hydrogens is 336 g/mol. The van der Waals surface area contributed by atoms with E-state index in [2.05, 4.69) is 20.8 Å². The van der Waals surface area contributed by atoms with Crippen molar-refractivity contribution in [2.45, 2.75) is 13.5 Å². The van der Waals surface area contributed by atoms with E-state index < -0.39 is 0 Å². The molecule has 0 spiro atoms. The summed E-state index contributed by atoms with van der Waals surface area (Å²) in [4.78, 5) is 24.3. The Balaban J connectivity index is 1.59. The largest absolute Gasteiger partial charge is 0.345 e. The molecule has 2 aromatic carbocycles. The van der Waals surface area contributed by atoms with Crippen LogP contribution in [0, 0.1) is 6.92 Å². The molecular formula is C18H16N4O2S. The Hall–Kier alpha value is -3.06. The summed E-state index contributed by atoms with van der Waals surface area (Å²) in [6.45, 7) is 2.11. The number of benzene rings is 2. The zero-order valence-corrected chi connectivity index (χ0v) is 14.3. The second-order valence-corrected chi connectivity index (χ2v) is 6.38. The second-order valence-electron chi connectivity index (χ2n) is 5.32. The molecule has 7 heteroatoms. The number of amides is 2. The lowest BCUT2D eigenvalue weighted by Gasteiger charge is -2.05. The minimum Gasteiger partial charge on any atom is -0.345 e. The van der Waals surface area contributed by atoms with E-state index in [1.54, 1.807) is 18.2 Å². The first-order chi connectivity index (χ1) is 12.1. The van der Waals surface area contributed by atoms with Crippen molar-refractivity contribution >= 4 is 28.8 Å². The lowest BCUT2D eigenvalue weighted by atomic mass is 10.1. The van der Waals surface area contributed by atoms with Crippen molar-refractivity contribution in [2.24, 2.45) is 0 Å². The predicted octanol–water partition coefficient (Wildman–Crippen LogP) is 3.03. The summed E-state index contributed by atoms with van der Waals surface area (Å²) in [5, 5.41) is 14.2. The Bertz CT molecular complexity index is 893. The zero-order valence-electron chi connectivity index (χ0n) is 13.5. The van der Waals surface area contributed by atoms with Gasteiger partial charge in [-0.15, -0.1) is 10.2 Å². The van der Waals surface area contributed by atoms with Gasteiger partial charge in [-0.1, -0.05) is 47.7 Å². The molecule has 126 valence electrons. The summed E-state index contributed by atoms with van der Waals surface area (Å²) in [7, 11) is 0. The number of hydrogen-bond acceptors (Lipinski definition) is 5. The van der Waals surface area contributed by atoms with Crippen molar-refractivity contribution in [2.75, 3.05) is 5.32 Å². The van der Waals surface area contributed by atoms with Crippen molar-refractivity contribution in [1.29, 1.82) is 0 Å². The van der Waals surface area contributed by atoms with E-state index >= 15 is 0 Å². The maximum atomic E-state index is 12.2. The molecule has 0 aliphatic carbocycles. The number of nitrogens with zero attached hydrogens (tertiary/aromatic N) is 2. The van der Waals surface area contributed by atoms with Gasteiger partial charge in [-0.3, -0.25) is 9.59 Å². The number of anilines is 1. The van der Waals surface area contributed by atoms with Crippen LogP contribution in [-0.2, 0) is 6.54 Å². The van der Waals surface area contributed by atoms with Gasteiger partial charge in [0.15, 0.2) is 0 Å². The number of carbonyl (C=O) groups excluding carboxylic acids is 2. The van der Waals surface area contributed by atoms with E-state index in [9.17, 15) is 9.59 Å². The van der Waals surface area contributed by atoms with Crippen molar-refractivity contribution in [3.8, 4) is 0 Å². The Labute approximate surface area is 148 Å². The molecule has 0 atom stereocenters. The van der Waals surface area contributed by atoms with Gasteiger partial charge < -0.3 is 10.6 Å². The quantitative estimate of drug-likeness (QED) is 0.739. The highest BCUT2D eigenvalue weighted by atomic mass is 32.1. The van der Waals surface area contributed by atoms with Crippen LogP contribution < -0.4 is 10.6 Å². The Morgan fingerprint density at radius 1 is 0.960 bits per heavy atom. The third-order valence-corrected chi connectivity index (χ3v) is 4.40. The van der Waals surface area contributed by atoms with Crippen LogP contribution in [0.4, 0.5) is 5.69 Å². The van der Waals surface area contributed by atoms with E-state index in [0.717, 1.165) is 16.9 Å². The third kappa shape index (κ3) is 4.27. The third-order valence-electron chi connectivity index (χ3n) is 3.48. The fraction of sp³-hybridized carbons (Fsp3) is 0.111. The van der Waals surface area contributed by atoms with Crippen LogP contribution in [0.5, 0.6) is 0 Å². The van der Waals surface area contributed by atoms with Crippen molar-refractivity contribution in [3.63, 3.8) is 0 Å². The van der Waals surface area contributed by atoms with Gasteiger partial charge in [0, 0.05) is 11.3 Å². The highest BCUT2D eigenvalue weighted by molar-refractivity contribution is 7.13. The van der Waals surface area contributed by atoms with Crippen LogP contribution in [0.3, 0.4) is 0 Å². The minimum atomic E-state index is -0.319. The molecule has 0 fully saturated rings. The number of nitrogens with one attached hydrogen (secondary N) is 2. The van der Waals surface area contributed by atoms with Gasteiger partial charge in [-0.25, -0.2) is 0 Å². The van der Waals surface area contributed by atoms with Crippen molar-refractivity contribution < 1.29 is 9.59 Å². The van der Waals surface area contributed by atoms with Gasteiger partial charge in [-0.05, 0) is 30.7 Å². The molecule has 0 unspecified atom stereocenters. The molecule has 0 saturated heterocycles. The number of rotatable bonds is 5. The van der Waals surface area contributed by atoms with E-state index in [4.69, 9.17) is 0 Å². The van der Waals surface area contributed by atoms with Crippen LogP contribution in [0.1, 0.15) is 30.7 Å². The Kier molecular flexibility index (Phi) is 5.15. The van der Waals surface area contributed by atoms with E-state index in [-0.39, 0.29) is 23.4 Å². The smallest absolute Gasteiger partial charge is 0.286 e. The molecule has 0 aliphatic rings. The molecule has 2 amide bonds. The highest BCUT2D eigenvalue weighted by Gasteiger charge is 2.14. The van der Waals surface area contributed by atoms with Gasteiger partial charge in [0.05, 0.1) is 6.54 Å². The van der Waals surface area contributed by atoms with Crippen molar-refractivity contribution in [1.82, 2.24) is 15.5 Å². The summed E-state index contributed by atoms with van der Waals surface area (Å²) in [5.74, 6) is -0.497. The topological polar surface area (TPSA) is 84.0 Å². The maximum absolute atomic E-state index is 12.2. The SMILES string of the molecule is Cc1ccccc1C(=O)NCc1nnc(C(=O)Nc2ccccc2)s1. The average Bonchev–Trinajstić information content (AvgIpc) is 3.10. The number of hydrogen-bond donors (Lipinski definition) is 2. The van der Waals surface area contributed by atoms with Crippen LogP contribution in [0.25, 0.3) is 0 Å². The van der Waals surface area contributed by atoms with E-state index in [0.29, 0.717) is 16.3 Å². The number of para-hydroxylation sites is 1. The summed E-state index contributed by atoms with van der Waals surface area (Å²) >= 11 is 1.15. The Morgan fingerprint density at radius 3 is 2.44 bits per heavy atom. The summed E-state index contributed by atoms with van der Waals surface area (Å²) in [5.41, 5.74) is 2.21. The predicted molar refractivity (Wildman–Crippen MR) is 96.7 cm³/mol. The molecule has 0 radical (unpaired) electrons. The molecule has 25 heavy (non-hydrogen) atoms. The van der Waals surface area contributed by atoms with Gasteiger partial charge in [0.25, 0.3) is 11.8 Å². The molecule has 1 aromatic heterocycles. The molecule has 0 saturated carbocycles. The lowest BCUT2D eigenvalue weighted by Crippen LogP contribution is -2.23. The summed E-state index contributed by atoms with van der Waals surface area (Å²) < 4.78 is 0. The van der Waals surface area contributed by atoms with Crippen LogP contribution >= 0.6 is 11.3 Å². The first-order valence-corrected chi connectivity index (χ1v) is 8.48. The monoisotopic (exact) mass is 352 g/mol. The first kappa shape index (κ1) is 16.8. The number of aryl methyl sites for hydroxylation is 1. The number of carbonyl (C=O) groups is 2.